The number of benzene rings is 1. The van der Waals surface area contributed by atoms with Crippen molar-refractivity contribution < 1.29 is 8.42 Å². The highest BCUT2D eigenvalue weighted by molar-refractivity contribution is 7.89. The van der Waals surface area contributed by atoms with Gasteiger partial charge in [0.25, 0.3) is 0 Å². The first-order chi connectivity index (χ1) is 11.4. The molecule has 0 saturated carbocycles. The number of rotatable bonds is 4. The largest absolute Gasteiger partial charge is 0.293 e. The summed E-state index contributed by atoms with van der Waals surface area (Å²) in [5, 5.41) is 0. The molecule has 4 nitrogen and oxygen atoms in total. The van der Waals surface area contributed by atoms with Crippen LogP contribution in [0.15, 0.2) is 53.0 Å². The molecule has 0 radical (unpaired) electrons. The van der Waals surface area contributed by atoms with Crippen molar-refractivity contribution in [2.45, 2.75) is 43.7 Å². The van der Waals surface area contributed by atoms with Gasteiger partial charge in [0.05, 0.1) is 4.90 Å². The van der Waals surface area contributed by atoms with E-state index in [0.717, 1.165) is 31.5 Å². The topological polar surface area (TPSA) is 40.6 Å². The minimum Gasteiger partial charge on any atom is -0.293 e. The molecule has 2 aliphatic rings. The van der Waals surface area contributed by atoms with E-state index in [0.29, 0.717) is 10.9 Å². The molecule has 0 aromatic heterocycles. The van der Waals surface area contributed by atoms with Crippen molar-refractivity contribution in [3.63, 3.8) is 0 Å². The van der Waals surface area contributed by atoms with Crippen LogP contribution in [0.3, 0.4) is 0 Å². The molecule has 0 bridgehead atoms. The summed E-state index contributed by atoms with van der Waals surface area (Å²) in [6.45, 7) is 6.10. The van der Waals surface area contributed by atoms with Gasteiger partial charge in [0.2, 0.25) is 10.0 Å². The smallest absolute Gasteiger partial charge is 0.243 e. The molecule has 1 aromatic carbocycles. The Balaban J connectivity index is 1.70. The quantitative estimate of drug-likeness (QED) is 0.787. The maximum atomic E-state index is 12.9. The zero-order valence-electron chi connectivity index (χ0n) is 14.6. The normalized spacial score (nSPS) is 25.2. The molecule has 24 heavy (non-hydrogen) atoms. The van der Waals surface area contributed by atoms with Gasteiger partial charge in [-0.3, -0.25) is 4.90 Å². The Morgan fingerprint density at radius 3 is 2.67 bits per heavy atom. The predicted molar refractivity (Wildman–Crippen MR) is 97.4 cm³/mol. The van der Waals surface area contributed by atoms with Gasteiger partial charge in [0, 0.05) is 32.2 Å². The van der Waals surface area contributed by atoms with Crippen LogP contribution in [0.2, 0.25) is 0 Å². The van der Waals surface area contributed by atoms with Crippen molar-refractivity contribution >= 4 is 10.0 Å². The van der Waals surface area contributed by atoms with Crippen LogP contribution in [0, 0.1) is 6.92 Å². The second-order valence-electron chi connectivity index (χ2n) is 6.89. The Morgan fingerprint density at radius 2 is 2.00 bits per heavy atom. The molecule has 1 aliphatic heterocycles. The zero-order chi connectivity index (χ0) is 17.3. The van der Waals surface area contributed by atoms with Crippen molar-refractivity contribution in [2.75, 3.05) is 20.1 Å². The number of aryl methyl sites for hydroxylation is 1. The van der Waals surface area contributed by atoms with Crippen LogP contribution in [-0.4, -0.2) is 49.8 Å². The summed E-state index contributed by atoms with van der Waals surface area (Å²) in [5.74, 6) is 0. The van der Waals surface area contributed by atoms with Crippen molar-refractivity contribution in [2.24, 2.45) is 0 Å². The first-order valence-corrected chi connectivity index (χ1v) is 9.94. The lowest BCUT2D eigenvalue weighted by atomic mass is 10.1. The third-order valence-corrected chi connectivity index (χ3v) is 6.99. The molecule has 1 heterocycles. The maximum Gasteiger partial charge on any atom is 0.243 e. The van der Waals surface area contributed by atoms with Gasteiger partial charge in [-0.1, -0.05) is 35.9 Å². The Hall–Kier alpha value is -1.43. The molecule has 1 aliphatic carbocycles. The number of hydrogen-bond acceptors (Lipinski definition) is 3. The first kappa shape index (κ1) is 17.4. The zero-order valence-corrected chi connectivity index (χ0v) is 15.5. The molecular weight excluding hydrogens is 320 g/mol. The summed E-state index contributed by atoms with van der Waals surface area (Å²) in [4.78, 5) is 2.80. The highest BCUT2D eigenvalue weighted by Gasteiger charge is 2.33. The van der Waals surface area contributed by atoms with Gasteiger partial charge in [-0.2, -0.15) is 4.31 Å². The number of likely N-dealkylation sites (N-methyl/N-ethyl adjacent to an activating group) is 1. The molecule has 5 heteroatoms. The van der Waals surface area contributed by atoms with Gasteiger partial charge in [-0.25, -0.2) is 8.42 Å². The van der Waals surface area contributed by atoms with Gasteiger partial charge in [0.15, 0.2) is 0 Å². The average Bonchev–Trinajstić information content (AvgIpc) is 3.04. The van der Waals surface area contributed by atoms with Crippen LogP contribution < -0.4 is 0 Å². The first-order valence-electron chi connectivity index (χ1n) is 8.50. The Bertz CT molecular complexity index is 767. The summed E-state index contributed by atoms with van der Waals surface area (Å²) in [7, 11) is -1.77. The van der Waals surface area contributed by atoms with Crippen LogP contribution in [0.4, 0.5) is 0 Å². The second-order valence-corrected chi connectivity index (χ2v) is 8.89. The Kier molecular flexibility index (Phi) is 4.95. The van der Waals surface area contributed by atoms with Crippen LogP contribution in [0.1, 0.15) is 25.3 Å². The van der Waals surface area contributed by atoms with E-state index in [1.165, 1.54) is 9.88 Å². The molecular formula is C19H26N2O2S. The lowest BCUT2D eigenvalue weighted by Gasteiger charge is -2.32. The standard InChI is InChI=1S/C19H26N2O2S/c1-15-9-11-21(12-10-15)18-8-7-17(14-18)20(3)24(22,23)19-6-4-5-16(2)13-19/h4-9,13,17-18H,10-12,14H2,1-3H3/t17-,18+/m1/s1. The third-order valence-electron chi connectivity index (χ3n) is 5.11. The number of hydrogen-bond donors (Lipinski definition) is 0. The van der Waals surface area contributed by atoms with Gasteiger partial charge in [0.1, 0.15) is 0 Å². The minimum absolute atomic E-state index is 0.0764. The molecule has 0 amide bonds. The Morgan fingerprint density at radius 1 is 1.21 bits per heavy atom. The highest BCUT2D eigenvalue weighted by Crippen LogP contribution is 2.27. The van der Waals surface area contributed by atoms with E-state index in [9.17, 15) is 8.42 Å². The molecule has 130 valence electrons. The van der Waals surface area contributed by atoms with Crippen molar-refractivity contribution in [3.05, 3.63) is 53.6 Å². The fourth-order valence-corrected chi connectivity index (χ4v) is 4.84. The molecule has 0 N–H and O–H groups in total. The molecule has 0 unspecified atom stereocenters. The highest BCUT2D eigenvalue weighted by atomic mass is 32.2. The molecule has 0 saturated heterocycles. The van der Waals surface area contributed by atoms with E-state index in [1.54, 1.807) is 25.2 Å². The summed E-state index contributed by atoms with van der Waals surface area (Å²) in [6.07, 6.45) is 8.42. The summed E-state index contributed by atoms with van der Waals surface area (Å²) < 4.78 is 27.2. The number of sulfonamides is 1. The van der Waals surface area contributed by atoms with E-state index >= 15 is 0 Å². The van der Waals surface area contributed by atoms with Crippen molar-refractivity contribution in [1.82, 2.24) is 9.21 Å². The third kappa shape index (κ3) is 3.48. The van der Waals surface area contributed by atoms with Gasteiger partial charge in [-0.05, 0) is 44.4 Å². The van der Waals surface area contributed by atoms with E-state index in [4.69, 9.17) is 0 Å². The van der Waals surface area contributed by atoms with Crippen LogP contribution >= 0.6 is 0 Å². The summed E-state index contributed by atoms with van der Waals surface area (Å²) in [6, 6.07) is 7.37. The fourth-order valence-electron chi connectivity index (χ4n) is 3.41. The maximum absolute atomic E-state index is 12.9. The Labute approximate surface area is 145 Å². The van der Waals surface area contributed by atoms with Gasteiger partial charge in [-0.15, -0.1) is 0 Å². The predicted octanol–water partition coefficient (Wildman–Crippen LogP) is 2.96. The lowest BCUT2D eigenvalue weighted by molar-refractivity contribution is 0.228. The van der Waals surface area contributed by atoms with Crippen molar-refractivity contribution in [1.29, 1.82) is 0 Å². The molecule has 1 aromatic rings. The van der Waals surface area contributed by atoms with Crippen LogP contribution in [0.25, 0.3) is 0 Å². The van der Waals surface area contributed by atoms with Crippen molar-refractivity contribution in [3.8, 4) is 0 Å². The van der Waals surface area contributed by atoms with Gasteiger partial charge < -0.3 is 0 Å². The molecule has 0 fully saturated rings. The van der Waals surface area contributed by atoms with Crippen LogP contribution in [-0.2, 0) is 10.0 Å². The van der Waals surface area contributed by atoms with Gasteiger partial charge >= 0.3 is 0 Å². The number of nitrogens with zero attached hydrogens (tertiary/aromatic N) is 2. The fraction of sp³-hybridized carbons (Fsp3) is 0.474. The average molecular weight is 346 g/mol. The van der Waals surface area contributed by atoms with E-state index in [-0.39, 0.29) is 6.04 Å². The SMILES string of the molecule is CC1=CCN([C@H]2C=C[C@@H](N(C)S(=O)(=O)c3cccc(C)c3)C2)CC1. The second kappa shape index (κ2) is 6.82. The van der Waals surface area contributed by atoms with E-state index in [2.05, 4.69) is 24.0 Å². The lowest BCUT2D eigenvalue weighted by Crippen LogP contribution is -2.40. The van der Waals surface area contributed by atoms with Crippen LogP contribution in [0.5, 0.6) is 0 Å². The summed E-state index contributed by atoms with van der Waals surface area (Å²) >= 11 is 0. The monoisotopic (exact) mass is 346 g/mol. The molecule has 2 atom stereocenters. The summed E-state index contributed by atoms with van der Waals surface area (Å²) in [5.41, 5.74) is 2.41. The van der Waals surface area contributed by atoms with E-state index < -0.39 is 10.0 Å². The molecule has 0 spiro atoms. The molecule has 3 rings (SSSR count). The minimum atomic E-state index is -3.46. The van der Waals surface area contributed by atoms with E-state index in [1.807, 2.05) is 19.1 Å².